The molecule has 0 aliphatic carbocycles. The summed E-state index contributed by atoms with van der Waals surface area (Å²) >= 11 is 3.47. The number of hydrogen-bond acceptors (Lipinski definition) is 2. The van der Waals surface area contributed by atoms with Crippen LogP contribution in [0.15, 0.2) is 28.7 Å². The molecule has 1 N–H and O–H groups in total. The van der Waals surface area contributed by atoms with Gasteiger partial charge in [-0.15, -0.1) is 0 Å². The van der Waals surface area contributed by atoms with Gasteiger partial charge in [-0.05, 0) is 31.2 Å². The normalized spacial score (nSPS) is 10.4. The molecule has 3 nitrogen and oxygen atoms in total. The van der Waals surface area contributed by atoms with E-state index >= 15 is 0 Å². The SMILES string of the molecule is COc1cc(Br)cc(-c2ccc(C)[nH]2)c1OC. The molecule has 0 spiro atoms. The molecule has 2 aromatic rings. The predicted molar refractivity (Wildman–Crippen MR) is 71.8 cm³/mol. The first kappa shape index (κ1) is 12.0. The summed E-state index contributed by atoms with van der Waals surface area (Å²) in [6, 6.07) is 7.95. The van der Waals surface area contributed by atoms with Crippen molar-refractivity contribution in [2.75, 3.05) is 14.2 Å². The van der Waals surface area contributed by atoms with Gasteiger partial charge >= 0.3 is 0 Å². The third-order valence-electron chi connectivity index (χ3n) is 2.57. The maximum Gasteiger partial charge on any atom is 0.170 e. The fourth-order valence-electron chi connectivity index (χ4n) is 1.79. The molecule has 1 aromatic carbocycles. The van der Waals surface area contributed by atoms with Gasteiger partial charge < -0.3 is 14.5 Å². The maximum absolute atomic E-state index is 5.42. The quantitative estimate of drug-likeness (QED) is 0.935. The molecule has 90 valence electrons. The van der Waals surface area contributed by atoms with E-state index in [1.54, 1.807) is 14.2 Å². The number of aromatic amines is 1. The third kappa shape index (κ3) is 2.31. The Morgan fingerprint density at radius 1 is 1.12 bits per heavy atom. The van der Waals surface area contributed by atoms with Crippen LogP contribution in [0.1, 0.15) is 5.69 Å². The Balaban J connectivity index is 2.63. The summed E-state index contributed by atoms with van der Waals surface area (Å²) in [5.41, 5.74) is 3.10. The van der Waals surface area contributed by atoms with Crippen molar-refractivity contribution in [2.45, 2.75) is 6.92 Å². The molecule has 0 fully saturated rings. The number of methoxy groups -OCH3 is 2. The Hall–Kier alpha value is -1.42. The van der Waals surface area contributed by atoms with Crippen LogP contribution in [-0.4, -0.2) is 19.2 Å². The highest BCUT2D eigenvalue weighted by Gasteiger charge is 2.14. The van der Waals surface area contributed by atoms with E-state index in [1.165, 1.54) is 0 Å². The molecule has 0 amide bonds. The van der Waals surface area contributed by atoms with E-state index < -0.39 is 0 Å². The van der Waals surface area contributed by atoms with Crippen LogP contribution in [0.4, 0.5) is 0 Å². The highest BCUT2D eigenvalue weighted by molar-refractivity contribution is 9.10. The van der Waals surface area contributed by atoms with Crippen molar-refractivity contribution < 1.29 is 9.47 Å². The zero-order chi connectivity index (χ0) is 12.4. The van der Waals surface area contributed by atoms with Crippen molar-refractivity contribution in [1.29, 1.82) is 0 Å². The first-order valence-electron chi connectivity index (χ1n) is 5.23. The van der Waals surface area contributed by atoms with E-state index in [2.05, 4.69) is 20.9 Å². The van der Waals surface area contributed by atoms with Gasteiger partial charge in [0, 0.05) is 21.4 Å². The largest absolute Gasteiger partial charge is 0.493 e. The molecule has 0 bridgehead atoms. The fourth-order valence-corrected chi connectivity index (χ4v) is 2.23. The fraction of sp³-hybridized carbons (Fsp3) is 0.231. The van der Waals surface area contributed by atoms with Crippen molar-refractivity contribution in [3.63, 3.8) is 0 Å². The number of aromatic nitrogens is 1. The van der Waals surface area contributed by atoms with Gasteiger partial charge in [0.2, 0.25) is 0 Å². The lowest BCUT2D eigenvalue weighted by atomic mass is 10.1. The standard InChI is InChI=1S/C13H14BrNO2/c1-8-4-5-11(15-8)10-6-9(14)7-12(16-2)13(10)17-3/h4-7,15H,1-3H3. The van der Waals surface area contributed by atoms with E-state index in [0.717, 1.165) is 27.2 Å². The number of nitrogens with one attached hydrogen (secondary N) is 1. The van der Waals surface area contributed by atoms with Crippen LogP contribution in [-0.2, 0) is 0 Å². The second-order valence-corrected chi connectivity index (χ2v) is 4.66. The van der Waals surface area contributed by atoms with Gasteiger partial charge in [0.15, 0.2) is 11.5 Å². The Bertz CT molecular complexity index is 534. The highest BCUT2D eigenvalue weighted by atomic mass is 79.9. The molecule has 1 heterocycles. The Kier molecular flexibility index (Phi) is 3.43. The second kappa shape index (κ2) is 4.84. The lowest BCUT2D eigenvalue weighted by molar-refractivity contribution is 0.356. The van der Waals surface area contributed by atoms with Crippen molar-refractivity contribution in [3.05, 3.63) is 34.4 Å². The smallest absolute Gasteiger partial charge is 0.170 e. The Labute approximate surface area is 109 Å². The predicted octanol–water partition coefficient (Wildman–Crippen LogP) is 3.77. The summed E-state index contributed by atoms with van der Waals surface area (Å²) in [5.74, 6) is 1.45. The molecular formula is C13H14BrNO2. The van der Waals surface area contributed by atoms with Crippen LogP contribution in [0, 0.1) is 6.92 Å². The number of H-pyrrole nitrogens is 1. The molecule has 17 heavy (non-hydrogen) atoms. The molecule has 4 heteroatoms. The summed E-state index contributed by atoms with van der Waals surface area (Å²) in [7, 11) is 3.28. The Morgan fingerprint density at radius 3 is 2.41 bits per heavy atom. The van der Waals surface area contributed by atoms with E-state index in [0.29, 0.717) is 5.75 Å². The van der Waals surface area contributed by atoms with E-state index in [-0.39, 0.29) is 0 Å². The summed E-state index contributed by atoms with van der Waals surface area (Å²) in [6.45, 7) is 2.02. The number of rotatable bonds is 3. The minimum atomic E-state index is 0.712. The molecule has 2 rings (SSSR count). The number of ether oxygens (including phenoxy) is 2. The number of halogens is 1. The number of aryl methyl sites for hydroxylation is 1. The molecule has 0 radical (unpaired) electrons. The van der Waals surface area contributed by atoms with Crippen LogP contribution >= 0.6 is 15.9 Å². The van der Waals surface area contributed by atoms with Gasteiger partial charge in [-0.3, -0.25) is 0 Å². The third-order valence-corrected chi connectivity index (χ3v) is 3.02. The van der Waals surface area contributed by atoms with Gasteiger partial charge in [-0.2, -0.15) is 0 Å². The van der Waals surface area contributed by atoms with Crippen LogP contribution in [0.2, 0.25) is 0 Å². The van der Waals surface area contributed by atoms with Gasteiger partial charge in [0.05, 0.1) is 14.2 Å². The van der Waals surface area contributed by atoms with Crippen LogP contribution in [0.3, 0.4) is 0 Å². The summed E-state index contributed by atoms with van der Waals surface area (Å²) < 4.78 is 11.7. The van der Waals surface area contributed by atoms with Gasteiger partial charge in [0.25, 0.3) is 0 Å². The molecule has 1 aromatic heterocycles. The van der Waals surface area contributed by atoms with Crippen LogP contribution in [0.5, 0.6) is 11.5 Å². The zero-order valence-corrected chi connectivity index (χ0v) is 11.6. The summed E-state index contributed by atoms with van der Waals surface area (Å²) in [6.07, 6.45) is 0. The van der Waals surface area contributed by atoms with Crippen LogP contribution < -0.4 is 9.47 Å². The number of benzene rings is 1. The minimum Gasteiger partial charge on any atom is -0.493 e. The molecular weight excluding hydrogens is 282 g/mol. The zero-order valence-electron chi connectivity index (χ0n) is 10.0. The lowest BCUT2D eigenvalue weighted by Crippen LogP contribution is -1.94. The highest BCUT2D eigenvalue weighted by Crippen LogP contribution is 2.40. The van der Waals surface area contributed by atoms with Crippen molar-refractivity contribution in [1.82, 2.24) is 4.98 Å². The van der Waals surface area contributed by atoms with Crippen LogP contribution in [0.25, 0.3) is 11.3 Å². The van der Waals surface area contributed by atoms with Gasteiger partial charge in [0.1, 0.15) is 0 Å². The number of hydrogen-bond donors (Lipinski definition) is 1. The van der Waals surface area contributed by atoms with E-state index in [1.807, 2.05) is 31.2 Å². The second-order valence-electron chi connectivity index (χ2n) is 3.74. The maximum atomic E-state index is 5.42. The Morgan fingerprint density at radius 2 is 1.88 bits per heavy atom. The molecule has 0 saturated heterocycles. The van der Waals surface area contributed by atoms with Gasteiger partial charge in [-0.1, -0.05) is 15.9 Å². The topological polar surface area (TPSA) is 34.2 Å². The molecule has 0 unspecified atom stereocenters. The molecule has 0 atom stereocenters. The average molecular weight is 296 g/mol. The first-order chi connectivity index (χ1) is 8.15. The van der Waals surface area contributed by atoms with Crippen molar-refractivity contribution in [3.8, 4) is 22.8 Å². The van der Waals surface area contributed by atoms with Crippen molar-refractivity contribution >= 4 is 15.9 Å². The minimum absolute atomic E-state index is 0.712. The first-order valence-corrected chi connectivity index (χ1v) is 6.02. The monoisotopic (exact) mass is 295 g/mol. The lowest BCUT2D eigenvalue weighted by Gasteiger charge is -2.12. The summed E-state index contributed by atoms with van der Waals surface area (Å²) in [4.78, 5) is 3.29. The molecule has 0 aliphatic heterocycles. The molecule has 0 aliphatic rings. The molecule has 0 saturated carbocycles. The van der Waals surface area contributed by atoms with Crippen molar-refractivity contribution in [2.24, 2.45) is 0 Å². The van der Waals surface area contributed by atoms with Gasteiger partial charge in [-0.25, -0.2) is 0 Å². The summed E-state index contributed by atoms with van der Waals surface area (Å²) in [5, 5.41) is 0. The van der Waals surface area contributed by atoms with E-state index in [9.17, 15) is 0 Å². The average Bonchev–Trinajstić information content (AvgIpc) is 2.74. The van der Waals surface area contributed by atoms with E-state index in [4.69, 9.17) is 9.47 Å².